The van der Waals surface area contributed by atoms with Gasteiger partial charge in [0.05, 0.1) is 30.0 Å². The number of nitrogens with zero attached hydrogens (tertiary/aromatic N) is 5. The first-order chi connectivity index (χ1) is 24.3. The highest BCUT2D eigenvalue weighted by atomic mass is 19.1. The van der Waals surface area contributed by atoms with Crippen molar-refractivity contribution < 1.29 is 18.3 Å². The third kappa shape index (κ3) is 7.06. The molecule has 1 amide bonds. The highest BCUT2D eigenvalue weighted by Crippen LogP contribution is 2.29. The summed E-state index contributed by atoms with van der Waals surface area (Å²) in [4.78, 5) is 38.2. The zero-order valence-electron chi connectivity index (χ0n) is 27.2. The van der Waals surface area contributed by atoms with Crippen LogP contribution in [0.2, 0.25) is 0 Å². The predicted octanol–water partition coefficient (Wildman–Crippen LogP) is 5.96. The molecule has 0 unspecified atom stereocenters. The van der Waals surface area contributed by atoms with Crippen LogP contribution >= 0.6 is 0 Å². The number of halogens is 2. The summed E-state index contributed by atoms with van der Waals surface area (Å²) in [5.74, 6) is 0.242. The Balaban J connectivity index is 0.980. The number of amides is 1. The van der Waals surface area contributed by atoms with E-state index in [4.69, 9.17) is 4.74 Å². The number of methoxy groups -OCH3 is 1. The van der Waals surface area contributed by atoms with Gasteiger partial charge in [-0.3, -0.25) is 14.5 Å². The molecule has 252 valence electrons. The van der Waals surface area contributed by atoms with E-state index in [0.29, 0.717) is 89.7 Å². The summed E-state index contributed by atoms with van der Waals surface area (Å²) >= 11 is 0. The molecule has 1 saturated heterocycles. The Hall–Kier alpha value is -6.01. The zero-order valence-corrected chi connectivity index (χ0v) is 27.2. The number of carbonyl (C=O) groups excluding carboxylic acids is 1. The van der Waals surface area contributed by atoms with Gasteiger partial charge in [-0.2, -0.15) is 5.10 Å². The summed E-state index contributed by atoms with van der Waals surface area (Å²) in [6, 6.07) is 24.3. The van der Waals surface area contributed by atoms with Gasteiger partial charge in [0.2, 0.25) is 0 Å². The molecule has 6 aromatic rings. The molecule has 0 atom stereocenters. The maximum absolute atomic E-state index is 15.0. The lowest BCUT2D eigenvalue weighted by Crippen LogP contribution is -2.48. The average Bonchev–Trinajstić information content (AvgIpc) is 3.14. The molecule has 12 heteroatoms. The Morgan fingerprint density at radius 2 is 1.66 bits per heavy atom. The third-order valence-corrected chi connectivity index (χ3v) is 8.79. The van der Waals surface area contributed by atoms with Crippen molar-refractivity contribution in [3.63, 3.8) is 0 Å². The fourth-order valence-corrected chi connectivity index (χ4v) is 6.17. The maximum Gasteiger partial charge on any atom is 0.272 e. The Bertz CT molecular complexity index is 2250. The minimum Gasteiger partial charge on any atom is -0.497 e. The number of hydrogen-bond acceptors (Lipinski definition) is 8. The van der Waals surface area contributed by atoms with E-state index in [0.717, 1.165) is 5.56 Å². The summed E-state index contributed by atoms with van der Waals surface area (Å²) in [6.45, 7) is 2.72. The quantitative estimate of drug-likeness (QED) is 0.193. The van der Waals surface area contributed by atoms with Gasteiger partial charge in [0, 0.05) is 56.3 Å². The van der Waals surface area contributed by atoms with E-state index in [-0.39, 0.29) is 17.0 Å². The molecule has 3 aromatic heterocycles. The molecule has 2 N–H and O–H groups in total. The zero-order chi connectivity index (χ0) is 34.6. The second kappa shape index (κ2) is 14.2. The summed E-state index contributed by atoms with van der Waals surface area (Å²) in [5, 5.41) is 11.2. The first kappa shape index (κ1) is 32.5. The number of H-pyrrole nitrogens is 1. The number of aromatic amines is 1. The standard InChI is InChI=1S/C38H33F2N7O3/c1-50-27-6-4-5-26(20-27)30-21-36(42-22-33(30)40)43-35-19-25(11-12-41-35)23-46-13-15-47(16-14-46)38(49)31-17-24(9-10-32(31)39)18-34-28-7-2-3-8-29(28)37(48)45-44-34/h2-12,17,19-22H,13-16,18,23H2,1H3,(H,45,48)(H,41,42,43). The van der Waals surface area contributed by atoms with Crippen LogP contribution in [0, 0.1) is 11.6 Å². The highest BCUT2D eigenvalue weighted by Gasteiger charge is 2.25. The van der Waals surface area contributed by atoms with Crippen LogP contribution in [0.5, 0.6) is 5.75 Å². The van der Waals surface area contributed by atoms with Crippen LogP contribution in [0.15, 0.2) is 102 Å². The number of nitrogens with one attached hydrogen (secondary N) is 2. The molecule has 3 aromatic carbocycles. The van der Waals surface area contributed by atoms with Crippen LogP contribution in [0.4, 0.5) is 20.4 Å². The number of hydrogen-bond donors (Lipinski definition) is 2. The molecule has 1 aliphatic heterocycles. The molecule has 7 rings (SSSR count). The Labute approximate surface area is 286 Å². The van der Waals surface area contributed by atoms with E-state index in [1.54, 1.807) is 72.8 Å². The van der Waals surface area contributed by atoms with Crippen molar-refractivity contribution in [2.45, 2.75) is 13.0 Å². The van der Waals surface area contributed by atoms with Crippen molar-refractivity contribution in [1.82, 2.24) is 30.0 Å². The number of rotatable bonds is 9. The molecule has 1 fully saturated rings. The Morgan fingerprint density at radius 1 is 0.860 bits per heavy atom. The van der Waals surface area contributed by atoms with E-state index in [1.165, 1.54) is 12.3 Å². The lowest BCUT2D eigenvalue weighted by atomic mass is 10.0. The smallest absolute Gasteiger partial charge is 0.272 e. The average molecular weight is 674 g/mol. The lowest BCUT2D eigenvalue weighted by Gasteiger charge is -2.35. The lowest BCUT2D eigenvalue weighted by molar-refractivity contribution is 0.0624. The van der Waals surface area contributed by atoms with Crippen molar-refractivity contribution >= 4 is 28.3 Å². The van der Waals surface area contributed by atoms with Crippen molar-refractivity contribution in [1.29, 1.82) is 0 Å². The van der Waals surface area contributed by atoms with Gasteiger partial charge < -0.3 is 15.0 Å². The number of fused-ring (bicyclic) bond motifs is 1. The number of anilines is 2. The summed E-state index contributed by atoms with van der Waals surface area (Å²) in [5.41, 5.74) is 3.14. The molecule has 10 nitrogen and oxygen atoms in total. The molecule has 4 heterocycles. The SMILES string of the molecule is COc1cccc(-c2cc(Nc3cc(CN4CCN(C(=O)c5cc(Cc6n[nH]c(=O)c7ccccc67)ccc5F)CC4)ccn3)ncc2F)c1. The molecule has 0 bridgehead atoms. The largest absolute Gasteiger partial charge is 0.497 e. The van der Waals surface area contributed by atoms with Crippen molar-refractivity contribution in [2.75, 3.05) is 38.6 Å². The maximum atomic E-state index is 15.0. The summed E-state index contributed by atoms with van der Waals surface area (Å²) in [7, 11) is 1.56. The van der Waals surface area contributed by atoms with Crippen LogP contribution in [0.3, 0.4) is 0 Å². The van der Waals surface area contributed by atoms with Crippen LogP contribution in [-0.4, -0.2) is 69.2 Å². The molecule has 50 heavy (non-hydrogen) atoms. The van der Waals surface area contributed by atoms with Gasteiger partial charge in [-0.05, 0) is 65.2 Å². The van der Waals surface area contributed by atoms with Crippen LogP contribution < -0.4 is 15.6 Å². The Morgan fingerprint density at radius 3 is 2.48 bits per heavy atom. The van der Waals surface area contributed by atoms with E-state index in [1.807, 2.05) is 24.3 Å². The van der Waals surface area contributed by atoms with Crippen molar-refractivity contribution in [3.05, 3.63) is 142 Å². The van der Waals surface area contributed by atoms with E-state index >= 15 is 0 Å². The molecule has 0 spiro atoms. The first-order valence-electron chi connectivity index (χ1n) is 16.1. The topological polar surface area (TPSA) is 116 Å². The van der Waals surface area contributed by atoms with Gasteiger partial charge in [-0.25, -0.2) is 23.8 Å². The number of carbonyl (C=O) groups is 1. The third-order valence-electron chi connectivity index (χ3n) is 8.79. The van der Waals surface area contributed by atoms with Gasteiger partial charge in [0.25, 0.3) is 11.5 Å². The fourth-order valence-electron chi connectivity index (χ4n) is 6.17. The Kier molecular flexibility index (Phi) is 9.26. The molecule has 0 saturated carbocycles. The summed E-state index contributed by atoms with van der Waals surface area (Å²) < 4.78 is 35.0. The second-order valence-electron chi connectivity index (χ2n) is 12.1. The number of ether oxygens (including phenoxy) is 1. The molecule has 0 aliphatic carbocycles. The highest BCUT2D eigenvalue weighted by molar-refractivity contribution is 5.95. The second-order valence-corrected chi connectivity index (χ2v) is 12.1. The number of benzene rings is 3. The van der Waals surface area contributed by atoms with Gasteiger partial charge in [0.15, 0.2) is 0 Å². The molecular weight excluding hydrogens is 640 g/mol. The van der Waals surface area contributed by atoms with E-state index in [2.05, 4.69) is 30.4 Å². The molecule has 0 radical (unpaired) electrons. The van der Waals surface area contributed by atoms with Gasteiger partial charge in [-0.15, -0.1) is 0 Å². The van der Waals surface area contributed by atoms with Crippen molar-refractivity contribution in [2.24, 2.45) is 0 Å². The summed E-state index contributed by atoms with van der Waals surface area (Å²) in [6.07, 6.45) is 3.20. The van der Waals surface area contributed by atoms with Crippen LogP contribution in [0.1, 0.15) is 27.2 Å². The monoisotopic (exact) mass is 673 g/mol. The predicted molar refractivity (Wildman–Crippen MR) is 186 cm³/mol. The fraction of sp³-hybridized carbons (Fsp3) is 0.184. The molecular formula is C38H33F2N7O3. The number of pyridine rings is 2. The number of piperazine rings is 1. The van der Waals surface area contributed by atoms with E-state index in [9.17, 15) is 18.4 Å². The van der Waals surface area contributed by atoms with Crippen LogP contribution in [0.25, 0.3) is 21.9 Å². The van der Waals surface area contributed by atoms with Gasteiger partial charge in [0.1, 0.15) is 29.0 Å². The number of aromatic nitrogens is 4. The van der Waals surface area contributed by atoms with Crippen molar-refractivity contribution in [3.8, 4) is 16.9 Å². The first-order valence-corrected chi connectivity index (χ1v) is 16.1. The normalized spacial score (nSPS) is 13.4. The molecule has 1 aliphatic rings. The van der Waals surface area contributed by atoms with Crippen LogP contribution in [-0.2, 0) is 13.0 Å². The van der Waals surface area contributed by atoms with Gasteiger partial charge >= 0.3 is 0 Å². The van der Waals surface area contributed by atoms with Gasteiger partial charge in [-0.1, -0.05) is 36.4 Å². The minimum atomic E-state index is -0.580. The minimum absolute atomic E-state index is 0.0125. The van der Waals surface area contributed by atoms with E-state index < -0.39 is 11.6 Å².